The van der Waals surface area contributed by atoms with Crippen LogP contribution in [-0.2, 0) is 10.0 Å². The van der Waals surface area contributed by atoms with E-state index in [1.54, 1.807) is 30.3 Å². The highest BCUT2D eigenvalue weighted by Gasteiger charge is 2.42. The second-order valence-corrected chi connectivity index (χ2v) is 9.81. The monoisotopic (exact) mass is 369 g/mol. The summed E-state index contributed by atoms with van der Waals surface area (Å²) < 4.78 is 28.6. The first kappa shape index (κ1) is 22.1. The molecule has 2 N–H and O–H groups in total. The minimum Gasteiger partial charge on any atom is -0.388 e. The lowest BCUT2D eigenvalue weighted by Gasteiger charge is -2.42. The summed E-state index contributed by atoms with van der Waals surface area (Å²) in [4.78, 5) is 0.236. The van der Waals surface area contributed by atoms with Crippen LogP contribution in [-0.4, -0.2) is 25.2 Å². The van der Waals surface area contributed by atoms with Gasteiger partial charge < -0.3 is 5.11 Å². The Bertz CT molecular complexity index is 601. The average molecular weight is 370 g/mol. The van der Waals surface area contributed by atoms with E-state index in [1.807, 2.05) is 13.8 Å². The van der Waals surface area contributed by atoms with Crippen LogP contribution in [0.15, 0.2) is 35.2 Å². The fourth-order valence-corrected chi connectivity index (χ4v) is 5.01. The Labute approximate surface area is 154 Å². The summed E-state index contributed by atoms with van der Waals surface area (Å²) in [7, 11) is -3.68. The standard InChI is InChI=1S/C20H35NO3S/c1-7-17(6)19(20(22,13-15(2)3)14-16(4)5)21-25(23,24)18-11-9-8-10-12-18/h8-12,15-17,19,21-22H,7,13-14H2,1-6H3/t17-,19-/m0/s1. The van der Waals surface area contributed by atoms with Gasteiger partial charge >= 0.3 is 0 Å². The number of rotatable bonds is 10. The van der Waals surface area contributed by atoms with E-state index >= 15 is 0 Å². The minimum absolute atomic E-state index is 0.0287. The van der Waals surface area contributed by atoms with E-state index in [0.29, 0.717) is 12.8 Å². The van der Waals surface area contributed by atoms with E-state index in [1.165, 1.54) is 0 Å². The number of hydrogen-bond acceptors (Lipinski definition) is 3. The first-order valence-corrected chi connectivity index (χ1v) is 10.8. The van der Waals surface area contributed by atoms with Gasteiger partial charge in [-0.15, -0.1) is 0 Å². The van der Waals surface area contributed by atoms with E-state index in [0.717, 1.165) is 6.42 Å². The van der Waals surface area contributed by atoms with Gasteiger partial charge in [0.25, 0.3) is 0 Å². The molecular formula is C20H35NO3S. The Morgan fingerprint density at radius 3 is 1.88 bits per heavy atom. The molecule has 0 saturated carbocycles. The van der Waals surface area contributed by atoms with Crippen molar-refractivity contribution in [1.29, 1.82) is 0 Å². The van der Waals surface area contributed by atoms with Gasteiger partial charge in [-0.1, -0.05) is 66.2 Å². The molecule has 144 valence electrons. The molecule has 0 fully saturated rings. The van der Waals surface area contributed by atoms with Crippen molar-refractivity contribution in [3.63, 3.8) is 0 Å². The van der Waals surface area contributed by atoms with Gasteiger partial charge in [0.2, 0.25) is 10.0 Å². The second kappa shape index (κ2) is 9.15. The lowest BCUT2D eigenvalue weighted by Crippen LogP contribution is -2.57. The lowest BCUT2D eigenvalue weighted by atomic mass is 9.75. The van der Waals surface area contributed by atoms with Crippen LogP contribution in [0.5, 0.6) is 0 Å². The molecule has 0 unspecified atom stereocenters. The molecule has 0 bridgehead atoms. The maximum Gasteiger partial charge on any atom is 0.240 e. The number of hydrogen-bond donors (Lipinski definition) is 2. The molecule has 0 aliphatic heterocycles. The molecule has 4 nitrogen and oxygen atoms in total. The van der Waals surface area contributed by atoms with Gasteiger partial charge in [0, 0.05) is 0 Å². The van der Waals surface area contributed by atoms with Gasteiger partial charge in [0.05, 0.1) is 16.5 Å². The van der Waals surface area contributed by atoms with Crippen molar-refractivity contribution < 1.29 is 13.5 Å². The van der Waals surface area contributed by atoms with Crippen LogP contribution in [0.1, 0.15) is 60.8 Å². The van der Waals surface area contributed by atoms with Crippen molar-refractivity contribution in [2.45, 2.75) is 77.3 Å². The van der Waals surface area contributed by atoms with Crippen LogP contribution in [0.3, 0.4) is 0 Å². The lowest BCUT2D eigenvalue weighted by molar-refractivity contribution is -0.0424. The quantitative estimate of drug-likeness (QED) is 0.649. The van der Waals surface area contributed by atoms with Crippen molar-refractivity contribution >= 4 is 10.0 Å². The zero-order chi connectivity index (χ0) is 19.3. The first-order chi connectivity index (χ1) is 11.5. The molecule has 1 rings (SSSR count). The summed E-state index contributed by atoms with van der Waals surface area (Å²) in [6.07, 6.45) is 1.93. The highest BCUT2D eigenvalue weighted by molar-refractivity contribution is 7.89. The predicted octanol–water partition coefficient (Wildman–Crippen LogP) is 4.20. The number of aliphatic hydroxyl groups is 1. The van der Waals surface area contributed by atoms with Gasteiger partial charge in [-0.25, -0.2) is 13.1 Å². The normalized spacial score (nSPS) is 15.6. The third kappa shape index (κ3) is 6.39. The fourth-order valence-electron chi connectivity index (χ4n) is 3.58. The van der Waals surface area contributed by atoms with Crippen LogP contribution >= 0.6 is 0 Å². The van der Waals surface area contributed by atoms with Gasteiger partial charge in [-0.05, 0) is 42.7 Å². The van der Waals surface area contributed by atoms with Gasteiger partial charge in [-0.3, -0.25) is 0 Å². The molecule has 0 aliphatic rings. The fraction of sp³-hybridized carbons (Fsp3) is 0.700. The predicted molar refractivity (Wildman–Crippen MR) is 104 cm³/mol. The molecule has 0 saturated heterocycles. The summed E-state index contributed by atoms with van der Waals surface area (Å²) in [5, 5.41) is 11.5. The molecule has 0 aliphatic carbocycles. The topological polar surface area (TPSA) is 66.4 Å². The molecule has 0 radical (unpaired) electrons. The van der Waals surface area contributed by atoms with Crippen LogP contribution in [0, 0.1) is 17.8 Å². The Morgan fingerprint density at radius 2 is 1.48 bits per heavy atom. The van der Waals surface area contributed by atoms with Crippen LogP contribution < -0.4 is 4.72 Å². The van der Waals surface area contributed by atoms with Gasteiger partial charge in [-0.2, -0.15) is 0 Å². The second-order valence-electron chi connectivity index (χ2n) is 8.10. The highest BCUT2D eigenvalue weighted by atomic mass is 32.2. The SMILES string of the molecule is CC[C@H](C)[C@H](NS(=O)(=O)c1ccccc1)C(O)(CC(C)C)CC(C)C. The molecule has 0 spiro atoms. The molecule has 2 atom stereocenters. The van der Waals surface area contributed by atoms with Crippen molar-refractivity contribution in [2.75, 3.05) is 0 Å². The first-order valence-electron chi connectivity index (χ1n) is 9.31. The zero-order valence-corrected chi connectivity index (χ0v) is 17.3. The van der Waals surface area contributed by atoms with E-state index in [-0.39, 0.29) is 22.6 Å². The van der Waals surface area contributed by atoms with Crippen LogP contribution in [0.25, 0.3) is 0 Å². The highest BCUT2D eigenvalue weighted by Crippen LogP contribution is 2.33. The van der Waals surface area contributed by atoms with E-state index < -0.39 is 21.7 Å². The number of sulfonamides is 1. The van der Waals surface area contributed by atoms with E-state index in [4.69, 9.17) is 0 Å². The van der Waals surface area contributed by atoms with Crippen molar-refractivity contribution in [3.05, 3.63) is 30.3 Å². The Hall–Kier alpha value is -0.910. The summed E-state index contributed by atoms with van der Waals surface area (Å²) in [5.74, 6) is 0.578. The molecule has 1 aromatic carbocycles. The van der Waals surface area contributed by atoms with Gasteiger partial charge in [0.15, 0.2) is 0 Å². The van der Waals surface area contributed by atoms with Crippen molar-refractivity contribution in [1.82, 2.24) is 4.72 Å². The van der Waals surface area contributed by atoms with Crippen molar-refractivity contribution in [2.24, 2.45) is 17.8 Å². The summed E-state index contributed by atoms with van der Waals surface area (Å²) in [6, 6.07) is 7.86. The minimum atomic E-state index is -3.68. The molecule has 5 heteroatoms. The Balaban J connectivity index is 3.26. The van der Waals surface area contributed by atoms with E-state index in [9.17, 15) is 13.5 Å². The smallest absolute Gasteiger partial charge is 0.240 e. The molecule has 1 aromatic rings. The van der Waals surface area contributed by atoms with Crippen LogP contribution in [0.4, 0.5) is 0 Å². The third-order valence-corrected chi connectivity index (χ3v) is 6.11. The Morgan fingerprint density at radius 1 is 1.00 bits per heavy atom. The average Bonchev–Trinajstić information content (AvgIpc) is 2.51. The van der Waals surface area contributed by atoms with Crippen LogP contribution in [0.2, 0.25) is 0 Å². The van der Waals surface area contributed by atoms with Crippen molar-refractivity contribution in [3.8, 4) is 0 Å². The molecule has 25 heavy (non-hydrogen) atoms. The van der Waals surface area contributed by atoms with Gasteiger partial charge in [0.1, 0.15) is 0 Å². The number of benzene rings is 1. The summed E-state index contributed by atoms with van der Waals surface area (Å²) in [6.45, 7) is 12.3. The number of nitrogens with one attached hydrogen (secondary N) is 1. The maximum atomic E-state index is 12.9. The van der Waals surface area contributed by atoms with E-state index in [2.05, 4.69) is 32.4 Å². The molecule has 0 heterocycles. The third-order valence-electron chi connectivity index (χ3n) is 4.65. The largest absolute Gasteiger partial charge is 0.388 e. The molecule has 0 aromatic heterocycles. The Kier molecular flexibility index (Phi) is 8.10. The summed E-state index contributed by atoms with van der Waals surface area (Å²) >= 11 is 0. The maximum absolute atomic E-state index is 12.9. The molecular weight excluding hydrogens is 334 g/mol. The molecule has 0 amide bonds. The summed E-state index contributed by atoms with van der Waals surface area (Å²) in [5.41, 5.74) is -1.07. The zero-order valence-electron chi connectivity index (χ0n) is 16.5.